The van der Waals surface area contributed by atoms with E-state index in [1.807, 2.05) is 24.3 Å². The topological polar surface area (TPSA) is 97.8 Å². The summed E-state index contributed by atoms with van der Waals surface area (Å²) in [5.41, 5.74) is 1.33. The number of aryl methyl sites for hydroxylation is 1. The van der Waals surface area contributed by atoms with E-state index in [-0.39, 0.29) is 24.8 Å². The molecule has 2 amide bonds. The molecule has 1 saturated heterocycles. The highest BCUT2D eigenvalue weighted by molar-refractivity contribution is 8.26. The van der Waals surface area contributed by atoms with Gasteiger partial charge in [0.25, 0.3) is 5.91 Å². The molecule has 0 spiro atoms. The molecule has 1 aromatic heterocycles. The second-order valence-electron chi connectivity index (χ2n) is 6.33. The summed E-state index contributed by atoms with van der Waals surface area (Å²) in [5, 5.41) is 2.94. The van der Waals surface area contributed by atoms with Crippen LogP contribution in [0.25, 0.3) is 6.08 Å². The molecule has 0 aliphatic carbocycles. The summed E-state index contributed by atoms with van der Waals surface area (Å²) in [4.78, 5) is 43.1. The molecule has 0 bridgehead atoms. The molecule has 2 heterocycles. The average molecular weight is 478 g/mol. The number of carbonyl (C=O) groups excluding carboxylic acids is 3. The van der Waals surface area contributed by atoms with Gasteiger partial charge in [-0.3, -0.25) is 14.5 Å². The number of thioether (sulfide) groups is 1. The maximum atomic E-state index is 12.7. The molecule has 162 valence electrons. The molecule has 0 unspecified atom stereocenters. The number of ether oxygens (including phenoxy) is 2. The smallest absolute Gasteiger partial charge is 0.350 e. The summed E-state index contributed by atoms with van der Waals surface area (Å²) in [7, 11) is 2.87. The molecule has 3 rings (SSSR count). The summed E-state index contributed by atoms with van der Waals surface area (Å²) in [6.07, 6.45) is 1.79. The third-order valence-electron chi connectivity index (χ3n) is 4.26. The Kier molecular flexibility index (Phi) is 7.42. The number of hydrogen-bond donors (Lipinski definition) is 1. The molecular formula is C20H19N3O5S3. The molecular weight excluding hydrogens is 458 g/mol. The lowest BCUT2D eigenvalue weighted by Crippen LogP contribution is -2.31. The summed E-state index contributed by atoms with van der Waals surface area (Å²) in [6, 6.07) is 7.31. The van der Waals surface area contributed by atoms with E-state index in [0.717, 1.165) is 22.6 Å². The minimum Gasteiger partial charge on any atom is -0.497 e. The molecule has 1 fully saturated rings. The zero-order valence-electron chi connectivity index (χ0n) is 17.0. The molecule has 8 nitrogen and oxygen atoms in total. The van der Waals surface area contributed by atoms with Crippen LogP contribution in [0.3, 0.4) is 0 Å². The van der Waals surface area contributed by atoms with Crippen LogP contribution in [0.2, 0.25) is 0 Å². The van der Waals surface area contributed by atoms with E-state index in [9.17, 15) is 14.4 Å². The van der Waals surface area contributed by atoms with Gasteiger partial charge < -0.3 is 14.8 Å². The monoisotopic (exact) mass is 477 g/mol. The zero-order chi connectivity index (χ0) is 22.5. The first-order valence-electron chi connectivity index (χ1n) is 9.07. The largest absolute Gasteiger partial charge is 0.497 e. The number of esters is 1. The summed E-state index contributed by atoms with van der Waals surface area (Å²) in [5.74, 6) is -0.350. The quantitative estimate of drug-likeness (QED) is 0.368. The normalized spacial score (nSPS) is 14.8. The Labute approximate surface area is 192 Å². The van der Waals surface area contributed by atoms with E-state index in [2.05, 4.69) is 15.0 Å². The number of benzene rings is 1. The number of rotatable bonds is 7. The van der Waals surface area contributed by atoms with Gasteiger partial charge >= 0.3 is 5.97 Å². The number of aromatic nitrogens is 1. The van der Waals surface area contributed by atoms with Gasteiger partial charge in [-0.15, -0.1) is 0 Å². The number of hydrogen-bond acceptors (Lipinski definition) is 9. The van der Waals surface area contributed by atoms with Crippen LogP contribution in [0.15, 0.2) is 29.2 Å². The van der Waals surface area contributed by atoms with Gasteiger partial charge in [-0.2, -0.15) is 0 Å². The van der Waals surface area contributed by atoms with Crippen LogP contribution in [0.5, 0.6) is 5.75 Å². The fourth-order valence-corrected chi connectivity index (χ4v) is 4.88. The minimum atomic E-state index is -0.503. The molecule has 0 radical (unpaired) electrons. The van der Waals surface area contributed by atoms with Crippen molar-refractivity contribution < 1.29 is 23.9 Å². The maximum Gasteiger partial charge on any atom is 0.350 e. The standard InChI is InChI=1S/C20H19N3O5S3/c1-11-16(18(26)28-3)31-19(21-11)22-15(24)8-9-23-17(25)14(30-20(23)29)10-12-4-6-13(27-2)7-5-12/h4-7,10H,8-9H2,1-3H3,(H,21,22,24)/b14-10-. The van der Waals surface area contributed by atoms with E-state index in [0.29, 0.717) is 24.9 Å². The number of methoxy groups -OCH3 is 2. The average Bonchev–Trinajstić information content (AvgIpc) is 3.25. The molecule has 2 aromatic rings. The molecule has 11 heteroatoms. The van der Waals surface area contributed by atoms with Crippen molar-refractivity contribution >= 4 is 68.6 Å². The number of amides is 2. The molecule has 1 aromatic carbocycles. The van der Waals surface area contributed by atoms with Crippen molar-refractivity contribution in [3.05, 3.63) is 45.3 Å². The highest BCUT2D eigenvalue weighted by Gasteiger charge is 2.32. The fourth-order valence-electron chi connectivity index (χ4n) is 2.67. The lowest BCUT2D eigenvalue weighted by molar-refractivity contribution is -0.122. The van der Waals surface area contributed by atoms with Gasteiger partial charge in [0.05, 0.1) is 24.8 Å². The number of thiocarbonyl (C=S) groups is 1. The Hall–Kier alpha value is -2.76. The molecule has 0 atom stereocenters. The van der Waals surface area contributed by atoms with Crippen molar-refractivity contribution in [2.45, 2.75) is 13.3 Å². The summed E-state index contributed by atoms with van der Waals surface area (Å²) >= 11 is 7.54. The van der Waals surface area contributed by atoms with Crippen molar-refractivity contribution in [3.63, 3.8) is 0 Å². The second kappa shape index (κ2) is 10.0. The number of anilines is 1. The molecule has 1 aliphatic rings. The van der Waals surface area contributed by atoms with Crippen LogP contribution in [-0.4, -0.2) is 52.8 Å². The van der Waals surface area contributed by atoms with Crippen molar-refractivity contribution in [3.8, 4) is 5.75 Å². The van der Waals surface area contributed by atoms with Gasteiger partial charge in [-0.05, 0) is 30.7 Å². The Bertz CT molecular complexity index is 1060. The third-order valence-corrected chi connectivity index (χ3v) is 6.69. The first-order valence-corrected chi connectivity index (χ1v) is 11.1. The van der Waals surface area contributed by atoms with Crippen LogP contribution in [0.1, 0.15) is 27.3 Å². The first kappa shape index (κ1) is 22.9. The van der Waals surface area contributed by atoms with E-state index in [1.54, 1.807) is 20.1 Å². The van der Waals surface area contributed by atoms with E-state index in [1.165, 1.54) is 23.8 Å². The van der Waals surface area contributed by atoms with E-state index < -0.39 is 5.97 Å². The summed E-state index contributed by atoms with van der Waals surface area (Å²) in [6.45, 7) is 1.80. The van der Waals surface area contributed by atoms with Crippen LogP contribution in [0.4, 0.5) is 5.13 Å². The predicted octanol–water partition coefficient (Wildman–Crippen LogP) is 3.48. The van der Waals surface area contributed by atoms with Crippen molar-refractivity contribution in [2.24, 2.45) is 0 Å². The number of carbonyl (C=O) groups is 3. The molecule has 0 saturated carbocycles. The van der Waals surface area contributed by atoms with E-state index in [4.69, 9.17) is 17.0 Å². The second-order valence-corrected chi connectivity index (χ2v) is 9.00. The Morgan fingerprint density at radius 1 is 1.26 bits per heavy atom. The Morgan fingerprint density at radius 2 is 1.97 bits per heavy atom. The van der Waals surface area contributed by atoms with Gasteiger partial charge in [0.2, 0.25) is 5.91 Å². The predicted molar refractivity (Wildman–Crippen MR) is 124 cm³/mol. The number of nitrogens with one attached hydrogen (secondary N) is 1. The fraction of sp³-hybridized carbons (Fsp3) is 0.250. The summed E-state index contributed by atoms with van der Waals surface area (Å²) < 4.78 is 10.2. The number of thiazole rings is 1. The van der Waals surface area contributed by atoms with Crippen LogP contribution in [0, 0.1) is 6.92 Å². The highest BCUT2D eigenvalue weighted by atomic mass is 32.2. The zero-order valence-corrected chi connectivity index (χ0v) is 19.4. The van der Waals surface area contributed by atoms with Crippen LogP contribution in [-0.2, 0) is 14.3 Å². The van der Waals surface area contributed by atoms with Crippen molar-refractivity contribution in [1.82, 2.24) is 9.88 Å². The van der Waals surface area contributed by atoms with Crippen molar-refractivity contribution in [1.29, 1.82) is 0 Å². The van der Waals surface area contributed by atoms with Gasteiger partial charge in [0.15, 0.2) is 5.13 Å². The third kappa shape index (κ3) is 5.49. The van der Waals surface area contributed by atoms with E-state index >= 15 is 0 Å². The molecule has 1 aliphatic heterocycles. The van der Waals surface area contributed by atoms with Crippen LogP contribution < -0.4 is 10.1 Å². The van der Waals surface area contributed by atoms with Gasteiger partial charge in [-0.1, -0.05) is 47.4 Å². The number of nitrogens with zero attached hydrogens (tertiary/aromatic N) is 2. The lowest BCUT2D eigenvalue weighted by Gasteiger charge is -2.13. The Balaban J connectivity index is 1.59. The molecule has 1 N–H and O–H groups in total. The van der Waals surface area contributed by atoms with Crippen LogP contribution >= 0.6 is 35.3 Å². The molecule has 31 heavy (non-hydrogen) atoms. The SMILES string of the molecule is COC(=O)c1sc(NC(=O)CCN2C(=O)/C(=C/c3ccc(OC)cc3)SC2=S)nc1C. The first-order chi connectivity index (χ1) is 14.8. The van der Waals surface area contributed by atoms with Gasteiger partial charge in [-0.25, -0.2) is 9.78 Å². The highest BCUT2D eigenvalue weighted by Crippen LogP contribution is 2.33. The maximum absolute atomic E-state index is 12.7. The Morgan fingerprint density at radius 3 is 2.61 bits per heavy atom. The minimum absolute atomic E-state index is 0.0362. The van der Waals surface area contributed by atoms with Gasteiger partial charge in [0.1, 0.15) is 14.9 Å². The lowest BCUT2D eigenvalue weighted by atomic mass is 10.2. The van der Waals surface area contributed by atoms with Gasteiger partial charge in [0, 0.05) is 13.0 Å². The van der Waals surface area contributed by atoms with Crippen molar-refractivity contribution in [2.75, 3.05) is 26.1 Å².